The molecule has 2 aromatic carbocycles. The third-order valence-electron chi connectivity index (χ3n) is 2.78. The van der Waals surface area contributed by atoms with Crippen molar-refractivity contribution in [1.29, 1.82) is 0 Å². The molecule has 0 fully saturated rings. The van der Waals surface area contributed by atoms with Crippen molar-refractivity contribution >= 4 is 49.4 Å². The Bertz CT molecular complexity index is 702. The Labute approximate surface area is 139 Å². The average molecular weight is 412 g/mol. The number of carbonyl (C=O) groups is 2. The van der Waals surface area contributed by atoms with Crippen molar-refractivity contribution in [3.8, 4) is 0 Å². The van der Waals surface area contributed by atoms with Crippen LogP contribution >= 0.6 is 31.9 Å². The Kier molecular flexibility index (Phi) is 5.14. The molecule has 0 aliphatic rings. The standard InChI is InChI=1S/C15H12Br2N2O2/c1-18-14(20)9-3-2-4-11(7-9)19-15(21)12-8-10(16)5-6-13(12)17/h2-8H,1H3,(H,18,20)(H,19,21). The number of hydrogen-bond donors (Lipinski definition) is 2. The van der Waals surface area contributed by atoms with Gasteiger partial charge < -0.3 is 10.6 Å². The lowest BCUT2D eigenvalue weighted by Gasteiger charge is -2.08. The highest BCUT2D eigenvalue weighted by atomic mass is 79.9. The van der Waals surface area contributed by atoms with E-state index in [4.69, 9.17) is 0 Å². The molecule has 21 heavy (non-hydrogen) atoms. The van der Waals surface area contributed by atoms with Crippen LogP contribution in [0.2, 0.25) is 0 Å². The van der Waals surface area contributed by atoms with Crippen LogP contribution in [0.1, 0.15) is 20.7 Å². The predicted molar refractivity (Wildman–Crippen MR) is 89.6 cm³/mol. The molecular formula is C15H12Br2N2O2. The van der Waals surface area contributed by atoms with Gasteiger partial charge >= 0.3 is 0 Å². The Morgan fingerprint density at radius 2 is 1.76 bits per heavy atom. The lowest BCUT2D eigenvalue weighted by Crippen LogP contribution is -2.18. The zero-order valence-electron chi connectivity index (χ0n) is 11.1. The van der Waals surface area contributed by atoms with E-state index in [0.717, 1.165) is 4.47 Å². The van der Waals surface area contributed by atoms with Crippen LogP contribution in [-0.4, -0.2) is 18.9 Å². The highest BCUT2D eigenvalue weighted by Gasteiger charge is 2.12. The number of anilines is 1. The molecule has 0 aromatic heterocycles. The van der Waals surface area contributed by atoms with Crippen molar-refractivity contribution in [2.75, 3.05) is 12.4 Å². The fourth-order valence-electron chi connectivity index (χ4n) is 1.75. The molecule has 0 heterocycles. The number of nitrogens with one attached hydrogen (secondary N) is 2. The molecule has 0 atom stereocenters. The number of hydrogen-bond acceptors (Lipinski definition) is 2. The monoisotopic (exact) mass is 410 g/mol. The minimum absolute atomic E-state index is 0.199. The molecule has 0 spiro atoms. The predicted octanol–water partition coefficient (Wildman–Crippen LogP) is 3.82. The van der Waals surface area contributed by atoms with Crippen molar-refractivity contribution in [2.45, 2.75) is 0 Å². The summed E-state index contributed by atoms with van der Waals surface area (Å²) in [6.07, 6.45) is 0. The van der Waals surface area contributed by atoms with Crippen molar-refractivity contribution in [3.63, 3.8) is 0 Å². The van der Waals surface area contributed by atoms with Gasteiger partial charge in [-0.15, -0.1) is 0 Å². The molecule has 4 nitrogen and oxygen atoms in total. The van der Waals surface area contributed by atoms with Crippen LogP contribution in [0.5, 0.6) is 0 Å². The van der Waals surface area contributed by atoms with Crippen molar-refractivity contribution in [1.82, 2.24) is 5.32 Å². The second-order valence-corrected chi connectivity index (χ2v) is 6.01. The molecule has 0 aliphatic carbocycles. The van der Waals surface area contributed by atoms with Crippen LogP contribution in [0.4, 0.5) is 5.69 Å². The fraction of sp³-hybridized carbons (Fsp3) is 0.0667. The first-order valence-corrected chi connectivity index (χ1v) is 7.68. The minimum Gasteiger partial charge on any atom is -0.355 e. The number of rotatable bonds is 3. The summed E-state index contributed by atoms with van der Waals surface area (Å²) in [6, 6.07) is 12.1. The van der Waals surface area contributed by atoms with E-state index in [1.165, 1.54) is 0 Å². The first-order valence-electron chi connectivity index (χ1n) is 6.10. The fourth-order valence-corrected chi connectivity index (χ4v) is 2.54. The summed E-state index contributed by atoms with van der Waals surface area (Å²) in [6.45, 7) is 0. The summed E-state index contributed by atoms with van der Waals surface area (Å²) in [7, 11) is 1.56. The van der Waals surface area contributed by atoms with E-state index < -0.39 is 0 Å². The Morgan fingerprint density at radius 1 is 1.00 bits per heavy atom. The average Bonchev–Trinajstić information content (AvgIpc) is 2.49. The second-order valence-electron chi connectivity index (χ2n) is 4.24. The van der Waals surface area contributed by atoms with Gasteiger partial charge in [0.15, 0.2) is 0 Å². The van der Waals surface area contributed by atoms with Crippen LogP contribution in [0.3, 0.4) is 0 Å². The summed E-state index contributed by atoms with van der Waals surface area (Å²) in [5, 5.41) is 5.32. The van der Waals surface area contributed by atoms with Gasteiger partial charge in [0.25, 0.3) is 11.8 Å². The van der Waals surface area contributed by atoms with E-state index in [1.807, 2.05) is 6.07 Å². The van der Waals surface area contributed by atoms with Gasteiger partial charge in [-0.3, -0.25) is 9.59 Å². The first kappa shape index (κ1) is 15.7. The maximum absolute atomic E-state index is 12.3. The van der Waals surface area contributed by atoms with Crippen LogP contribution in [0.15, 0.2) is 51.4 Å². The molecule has 0 saturated heterocycles. The Balaban J connectivity index is 2.23. The van der Waals surface area contributed by atoms with Crippen molar-refractivity contribution in [3.05, 3.63) is 62.5 Å². The van der Waals surface area contributed by atoms with Gasteiger partial charge in [0, 0.05) is 27.2 Å². The largest absolute Gasteiger partial charge is 0.355 e. The van der Waals surface area contributed by atoms with Crippen LogP contribution in [0.25, 0.3) is 0 Å². The molecule has 2 amide bonds. The van der Waals surface area contributed by atoms with E-state index in [9.17, 15) is 9.59 Å². The molecule has 2 rings (SSSR count). The molecule has 2 N–H and O–H groups in total. The maximum Gasteiger partial charge on any atom is 0.256 e. The van der Waals surface area contributed by atoms with Crippen molar-refractivity contribution < 1.29 is 9.59 Å². The summed E-state index contributed by atoms with van der Waals surface area (Å²) in [4.78, 5) is 23.9. The zero-order chi connectivity index (χ0) is 15.4. The number of amides is 2. The number of carbonyl (C=O) groups excluding carboxylic acids is 2. The third kappa shape index (κ3) is 3.92. The van der Waals surface area contributed by atoms with Crippen LogP contribution in [0, 0.1) is 0 Å². The van der Waals surface area contributed by atoms with Crippen LogP contribution in [-0.2, 0) is 0 Å². The van der Waals surface area contributed by atoms with Crippen LogP contribution < -0.4 is 10.6 Å². The maximum atomic E-state index is 12.3. The highest BCUT2D eigenvalue weighted by Crippen LogP contribution is 2.23. The molecule has 0 saturated carbocycles. The normalized spacial score (nSPS) is 10.0. The van der Waals surface area contributed by atoms with E-state index >= 15 is 0 Å². The summed E-state index contributed by atoms with van der Waals surface area (Å²) in [5.74, 6) is -0.452. The third-order valence-corrected chi connectivity index (χ3v) is 3.97. The Hall–Kier alpha value is -1.66. The molecule has 6 heteroatoms. The number of halogens is 2. The lowest BCUT2D eigenvalue weighted by atomic mass is 10.1. The first-order chi connectivity index (χ1) is 10.0. The molecule has 0 aliphatic heterocycles. The summed E-state index contributed by atoms with van der Waals surface area (Å²) < 4.78 is 1.51. The van der Waals surface area contributed by atoms with E-state index in [2.05, 4.69) is 42.5 Å². The van der Waals surface area contributed by atoms with Gasteiger partial charge in [0.2, 0.25) is 0 Å². The topological polar surface area (TPSA) is 58.2 Å². The van der Waals surface area contributed by atoms with E-state index in [1.54, 1.807) is 43.4 Å². The van der Waals surface area contributed by atoms with Gasteiger partial charge in [0.05, 0.1) is 5.56 Å². The van der Waals surface area contributed by atoms with Crippen molar-refractivity contribution in [2.24, 2.45) is 0 Å². The summed E-state index contributed by atoms with van der Waals surface area (Å²) >= 11 is 6.68. The van der Waals surface area contributed by atoms with Gasteiger partial charge in [-0.1, -0.05) is 22.0 Å². The quantitative estimate of drug-likeness (QED) is 0.806. The molecule has 108 valence electrons. The summed E-state index contributed by atoms with van der Waals surface area (Å²) in [5.41, 5.74) is 1.56. The lowest BCUT2D eigenvalue weighted by molar-refractivity contribution is 0.0961. The van der Waals surface area contributed by atoms with Gasteiger partial charge in [-0.05, 0) is 52.3 Å². The molecule has 2 aromatic rings. The molecule has 0 unspecified atom stereocenters. The Morgan fingerprint density at radius 3 is 2.48 bits per heavy atom. The smallest absolute Gasteiger partial charge is 0.256 e. The van der Waals surface area contributed by atoms with Gasteiger partial charge in [0.1, 0.15) is 0 Å². The SMILES string of the molecule is CNC(=O)c1cccc(NC(=O)c2cc(Br)ccc2Br)c1. The molecular weight excluding hydrogens is 400 g/mol. The van der Waals surface area contributed by atoms with Gasteiger partial charge in [-0.2, -0.15) is 0 Å². The number of benzene rings is 2. The van der Waals surface area contributed by atoms with E-state index in [-0.39, 0.29) is 11.8 Å². The molecule has 0 radical (unpaired) electrons. The van der Waals surface area contributed by atoms with E-state index in [0.29, 0.717) is 21.3 Å². The second kappa shape index (κ2) is 6.87. The molecule has 0 bridgehead atoms. The minimum atomic E-state index is -0.253. The highest BCUT2D eigenvalue weighted by molar-refractivity contribution is 9.11. The van der Waals surface area contributed by atoms with Gasteiger partial charge in [-0.25, -0.2) is 0 Å². The zero-order valence-corrected chi connectivity index (χ0v) is 14.3.